The molecule has 0 spiro atoms. The van der Waals surface area contributed by atoms with Gasteiger partial charge in [0.15, 0.2) is 11.5 Å². The van der Waals surface area contributed by atoms with E-state index in [9.17, 15) is 13.2 Å². The van der Waals surface area contributed by atoms with Gasteiger partial charge in [-0.2, -0.15) is 0 Å². The van der Waals surface area contributed by atoms with Crippen molar-refractivity contribution in [2.45, 2.75) is 12.8 Å². The normalized spacial score (nSPS) is 11.0. The van der Waals surface area contributed by atoms with Crippen LogP contribution in [0.5, 0.6) is 11.5 Å². The molecule has 0 bridgehead atoms. The summed E-state index contributed by atoms with van der Waals surface area (Å²) in [4.78, 5) is 14.0. The molecule has 0 fully saturated rings. The molecule has 0 aliphatic rings. The zero-order valence-corrected chi connectivity index (χ0v) is 16.7. The maximum atomic E-state index is 12.5. The van der Waals surface area contributed by atoms with E-state index in [0.717, 1.165) is 11.8 Å². The highest BCUT2D eigenvalue weighted by Crippen LogP contribution is 2.28. The van der Waals surface area contributed by atoms with Gasteiger partial charge in [0.2, 0.25) is 15.9 Å². The summed E-state index contributed by atoms with van der Waals surface area (Å²) >= 11 is 0. The van der Waals surface area contributed by atoms with Gasteiger partial charge in [-0.15, -0.1) is 0 Å². The number of carbonyl (C=O) groups excluding carboxylic acids is 1. The Labute approximate surface area is 160 Å². The van der Waals surface area contributed by atoms with E-state index >= 15 is 0 Å². The van der Waals surface area contributed by atoms with E-state index in [1.807, 2.05) is 18.2 Å². The standard InChI is InChI=1S/C19H24N2O5S/c1-21(16-9-7-15(8-10-16)20-27(4,23)24)19(22)12-6-14-5-11-17(25-2)18(13-14)26-3/h5,7-11,13,20H,6,12H2,1-4H3. The van der Waals surface area contributed by atoms with Gasteiger partial charge in [0.25, 0.3) is 0 Å². The van der Waals surface area contributed by atoms with Crippen molar-refractivity contribution in [2.75, 3.05) is 37.1 Å². The summed E-state index contributed by atoms with van der Waals surface area (Å²) in [5.74, 6) is 1.23. The van der Waals surface area contributed by atoms with Crippen molar-refractivity contribution < 1.29 is 22.7 Å². The highest BCUT2D eigenvalue weighted by atomic mass is 32.2. The fourth-order valence-electron chi connectivity index (χ4n) is 2.57. The van der Waals surface area contributed by atoms with Gasteiger partial charge >= 0.3 is 0 Å². The number of ether oxygens (including phenoxy) is 2. The molecule has 0 atom stereocenters. The van der Waals surface area contributed by atoms with Crippen LogP contribution in [0, 0.1) is 0 Å². The van der Waals surface area contributed by atoms with Gasteiger partial charge in [-0.05, 0) is 48.4 Å². The minimum atomic E-state index is -3.33. The molecule has 2 aromatic carbocycles. The fourth-order valence-corrected chi connectivity index (χ4v) is 3.13. The Morgan fingerprint density at radius 1 is 1.04 bits per heavy atom. The number of anilines is 2. The molecule has 0 unspecified atom stereocenters. The number of benzene rings is 2. The number of aryl methyl sites for hydroxylation is 1. The molecule has 0 saturated carbocycles. The number of nitrogens with one attached hydrogen (secondary N) is 1. The average Bonchev–Trinajstić information content (AvgIpc) is 2.64. The Morgan fingerprint density at radius 3 is 2.22 bits per heavy atom. The molecular formula is C19H24N2O5S. The van der Waals surface area contributed by atoms with Gasteiger partial charge in [0.05, 0.1) is 20.5 Å². The molecular weight excluding hydrogens is 368 g/mol. The number of sulfonamides is 1. The smallest absolute Gasteiger partial charge is 0.229 e. The number of hydrogen-bond donors (Lipinski definition) is 1. The lowest BCUT2D eigenvalue weighted by Crippen LogP contribution is -2.26. The molecule has 7 nitrogen and oxygen atoms in total. The summed E-state index contributed by atoms with van der Waals surface area (Å²) in [7, 11) is 1.51. The maximum Gasteiger partial charge on any atom is 0.229 e. The Hall–Kier alpha value is -2.74. The second-order valence-corrected chi connectivity index (χ2v) is 7.81. The number of carbonyl (C=O) groups is 1. The van der Waals surface area contributed by atoms with Crippen molar-refractivity contribution >= 4 is 27.3 Å². The van der Waals surface area contributed by atoms with Crippen LogP contribution in [0.2, 0.25) is 0 Å². The van der Waals surface area contributed by atoms with E-state index in [-0.39, 0.29) is 5.91 Å². The molecule has 1 amide bonds. The van der Waals surface area contributed by atoms with Gasteiger partial charge < -0.3 is 14.4 Å². The van der Waals surface area contributed by atoms with Crippen LogP contribution >= 0.6 is 0 Å². The van der Waals surface area contributed by atoms with Crippen LogP contribution in [0.15, 0.2) is 42.5 Å². The topological polar surface area (TPSA) is 84.9 Å². The van der Waals surface area contributed by atoms with Gasteiger partial charge in [-0.1, -0.05) is 6.07 Å². The fraction of sp³-hybridized carbons (Fsp3) is 0.316. The lowest BCUT2D eigenvalue weighted by molar-refractivity contribution is -0.118. The first-order chi connectivity index (χ1) is 12.7. The molecule has 27 heavy (non-hydrogen) atoms. The Morgan fingerprint density at radius 2 is 1.67 bits per heavy atom. The van der Waals surface area contributed by atoms with Gasteiger partial charge in [-0.25, -0.2) is 8.42 Å². The quantitative estimate of drug-likeness (QED) is 0.747. The van der Waals surface area contributed by atoms with Gasteiger partial charge in [0, 0.05) is 24.8 Å². The molecule has 1 N–H and O–H groups in total. The largest absolute Gasteiger partial charge is 0.493 e. The third kappa shape index (κ3) is 5.89. The number of rotatable bonds is 8. The second-order valence-electron chi connectivity index (χ2n) is 6.06. The van der Waals surface area contributed by atoms with E-state index in [0.29, 0.717) is 35.7 Å². The number of methoxy groups -OCH3 is 2. The lowest BCUT2D eigenvalue weighted by atomic mass is 10.1. The minimum absolute atomic E-state index is 0.0476. The van der Waals surface area contributed by atoms with Crippen LogP contribution in [0.3, 0.4) is 0 Å². The summed E-state index contributed by atoms with van der Waals surface area (Å²) in [5.41, 5.74) is 2.11. The van der Waals surface area contributed by atoms with E-state index in [2.05, 4.69) is 4.72 Å². The predicted octanol–water partition coefficient (Wildman–Crippen LogP) is 2.67. The van der Waals surface area contributed by atoms with Gasteiger partial charge in [-0.3, -0.25) is 9.52 Å². The summed E-state index contributed by atoms with van der Waals surface area (Å²) in [6.07, 6.45) is 1.98. The molecule has 0 radical (unpaired) electrons. The molecule has 0 saturated heterocycles. The Kier molecular flexibility index (Phi) is 6.68. The molecule has 0 aliphatic heterocycles. The second kappa shape index (κ2) is 8.77. The van der Waals surface area contributed by atoms with Crippen molar-refractivity contribution in [3.63, 3.8) is 0 Å². The van der Waals surface area contributed by atoms with Crippen molar-refractivity contribution in [1.82, 2.24) is 0 Å². The molecule has 0 aliphatic carbocycles. The Balaban J connectivity index is 1.99. The summed E-state index contributed by atoms with van der Waals surface area (Å²) in [5, 5.41) is 0. The average molecular weight is 392 g/mol. The molecule has 0 heterocycles. The van der Waals surface area contributed by atoms with Crippen LogP contribution in [-0.4, -0.2) is 41.8 Å². The van der Waals surface area contributed by atoms with Crippen LogP contribution in [0.1, 0.15) is 12.0 Å². The Bertz CT molecular complexity index is 895. The van der Waals surface area contributed by atoms with Gasteiger partial charge in [0.1, 0.15) is 0 Å². The lowest BCUT2D eigenvalue weighted by Gasteiger charge is -2.18. The molecule has 0 aromatic heterocycles. The first-order valence-electron chi connectivity index (χ1n) is 8.29. The van der Waals surface area contributed by atoms with Crippen molar-refractivity contribution in [3.8, 4) is 11.5 Å². The number of amides is 1. The highest BCUT2D eigenvalue weighted by molar-refractivity contribution is 7.92. The summed E-state index contributed by atoms with van der Waals surface area (Å²) < 4.78 is 35.4. The van der Waals surface area contributed by atoms with Crippen molar-refractivity contribution in [1.29, 1.82) is 0 Å². The van der Waals surface area contributed by atoms with E-state index in [4.69, 9.17) is 9.47 Å². The van der Waals surface area contributed by atoms with Crippen LogP contribution in [-0.2, 0) is 21.2 Å². The third-order valence-corrected chi connectivity index (χ3v) is 4.61. The maximum absolute atomic E-state index is 12.5. The highest BCUT2D eigenvalue weighted by Gasteiger charge is 2.12. The minimum Gasteiger partial charge on any atom is -0.493 e. The van der Waals surface area contributed by atoms with E-state index in [1.165, 1.54) is 0 Å². The number of hydrogen-bond acceptors (Lipinski definition) is 5. The summed E-state index contributed by atoms with van der Waals surface area (Å²) in [6, 6.07) is 12.2. The van der Waals surface area contributed by atoms with Crippen LogP contribution < -0.4 is 19.1 Å². The predicted molar refractivity (Wildman–Crippen MR) is 106 cm³/mol. The molecule has 8 heteroatoms. The van der Waals surface area contributed by atoms with Crippen molar-refractivity contribution in [2.24, 2.45) is 0 Å². The summed E-state index contributed by atoms with van der Waals surface area (Å²) in [6.45, 7) is 0. The number of nitrogens with zero attached hydrogens (tertiary/aromatic N) is 1. The van der Waals surface area contributed by atoms with Crippen LogP contribution in [0.25, 0.3) is 0 Å². The third-order valence-electron chi connectivity index (χ3n) is 4.01. The van der Waals surface area contributed by atoms with E-state index < -0.39 is 10.0 Å². The molecule has 2 aromatic rings. The molecule has 2 rings (SSSR count). The zero-order chi connectivity index (χ0) is 20.0. The SMILES string of the molecule is COc1ccc(CCC(=O)N(C)c2ccc(NS(C)(=O)=O)cc2)cc1OC. The van der Waals surface area contributed by atoms with Crippen LogP contribution in [0.4, 0.5) is 11.4 Å². The zero-order valence-electron chi connectivity index (χ0n) is 15.9. The molecule has 146 valence electrons. The first-order valence-corrected chi connectivity index (χ1v) is 10.2. The van der Waals surface area contributed by atoms with E-state index in [1.54, 1.807) is 50.4 Å². The monoisotopic (exact) mass is 392 g/mol. The van der Waals surface area contributed by atoms with Crippen molar-refractivity contribution in [3.05, 3.63) is 48.0 Å². The first kappa shape index (κ1) is 20.6.